The van der Waals surface area contributed by atoms with Crippen LogP contribution < -0.4 is 15.5 Å². The number of nitrogens with zero attached hydrogens (tertiary/aromatic N) is 3. The first-order valence-electron chi connectivity index (χ1n) is 7.40. The number of aromatic nitrogens is 2. The zero-order chi connectivity index (χ0) is 16.0. The summed E-state index contributed by atoms with van der Waals surface area (Å²) in [6, 6.07) is 1.87. The highest BCUT2D eigenvalue weighted by Gasteiger charge is 2.21. The first-order chi connectivity index (χ1) is 9.81. The first-order valence-corrected chi connectivity index (χ1v) is 7.40. The van der Waals surface area contributed by atoms with E-state index in [4.69, 9.17) is 0 Å². The highest BCUT2D eigenvalue weighted by Crippen LogP contribution is 2.23. The Morgan fingerprint density at radius 2 is 1.95 bits per heavy atom. The standard InChI is InChI=1S/C15H27N5O/c1-7-17-13(21)10-20(8-2)12-9-11(16-6)18-14(19-12)15(3,4)5/h9H,7-8,10H2,1-6H3,(H,17,21)(H,16,18,19). The molecule has 1 heterocycles. The highest BCUT2D eigenvalue weighted by atomic mass is 16.2. The van der Waals surface area contributed by atoms with Crippen LogP contribution in [0.3, 0.4) is 0 Å². The predicted octanol–water partition coefficient (Wildman–Crippen LogP) is 1.78. The molecule has 0 aromatic carbocycles. The molecule has 0 spiro atoms. The minimum absolute atomic E-state index is 0.00118. The van der Waals surface area contributed by atoms with E-state index in [0.29, 0.717) is 19.6 Å². The van der Waals surface area contributed by atoms with Crippen molar-refractivity contribution < 1.29 is 4.79 Å². The van der Waals surface area contributed by atoms with Gasteiger partial charge in [-0.2, -0.15) is 0 Å². The van der Waals surface area contributed by atoms with Gasteiger partial charge in [0.2, 0.25) is 5.91 Å². The van der Waals surface area contributed by atoms with Crippen LogP contribution in [-0.2, 0) is 10.2 Å². The maximum atomic E-state index is 11.8. The minimum atomic E-state index is -0.146. The van der Waals surface area contributed by atoms with Crippen LogP contribution in [0.25, 0.3) is 0 Å². The summed E-state index contributed by atoms with van der Waals surface area (Å²) in [4.78, 5) is 22.9. The number of likely N-dealkylation sites (N-methyl/N-ethyl adjacent to an activating group) is 2. The summed E-state index contributed by atoms with van der Waals surface area (Å²) in [6.07, 6.45) is 0. The van der Waals surface area contributed by atoms with Crippen molar-refractivity contribution in [3.8, 4) is 0 Å². The second-order valence-electron chi connectivity index (χ2n) is 5.90. The molecule has 6 heteroatoms. The lowest BCUT2D eigenvalue weighted by Crippen LogP contribution is -2.38. The highest BCUT2D eigenvalue weighted by molar-refractivity contribution is 5.81. The lowest BCUT2D eigenvalue weighted by molar-refractivity contribution is -0.119. The third-order valence-electron chi connectivity index (χ3n) is 3.05. The molecule has 0 atom stereocenters. The lowest BCUT2D eigenvalue weighted by Gasteiger charge is -2.25. The fraction of sp³-hybridized carbons (Fsp3) is 0.667. The summed E-state index contributed by atoms with van der Waals surface area (Å²) in [5.74, 6) is 2.30. The van der Waals surface area contributed by atoms with E-state index < -0.39 is 0 Å². The largest absolute Gasteiger partial charge is 0.373 e. The maximum absolute atomic E-state index is 11.8. The van der Waals surface area contributed by atoms with Crippen LogP contribution >= 0.6 is 0 Å². The van der Waals surface area contributed by atoms with Crippen molar-refractivity contribution >= 4 is 17.5 Å². The van der Waals surface area contributed by atoms with Gasteiger partial charge in [-0.3, -0.25) is 4.79 Å². The Balaban J connectivity index is 3.11. The van der Waals surface area contributed by atoms with Crippen molar-refractivity contribution in [2.45, 2.75) is 40.0 Å². The molecule has 0 saturated carbocycles. The molecule has 0 aliphatic heterocycles. The Kier molecular flexibility index (Phi) is 5.93. The Morgan fingerprint density at radius 1 is 1.29 bits per heavy atom. The molecule has 21 heavy (non-hydrogen) atoms. The van der Waals surface area contributed by atoms with E-state index in [9.17, 15) is 4.79 Å². The maximum Gasteiger partial charge on any atom is 0.239 e. The average Bonchev–Trinajstić information content (AvgIpc) is 2.43. The van der Waals surface area contributed by atoms with Gasteiger partial charge < -0.3 is 15.5 Å². The fourth-order valence-corrected chi connectivity index (χ4v) is 1.84. The van der Waals surface area contributed by atoms with Gasteiger partial charge in [0.15, 0.2) is 0 Å². The molecule has 0 radical (unpaired) electrons. The number of nitrogens with one attached hydrogen (secondary N) is 2. The van der Waals surface area contributed by atoms with E-state index in [1.54, 1.807) is 0 Å². The molecule has 0 aliphatic carbocycles. The quantitative estimate of drug-likeness (QED) is 0.836. The lowest BCUT2D eigenvalue weighted by atomic mass is 9.96. The Morgan fingerprint density at radius 3 is 2.43 bits per heavy atom. The molecule has 6 nitrogen and oxygen atoms in total. The second kappa shape index (κ2) is 7.24. The molecule has 1 amide bonds. The second-order valence-corrected chi connectivity index (χ2v) is 5.90. The molecule has 0 aliphatic rings. The third-order valence-corrected chi connectivity index (χ3v) is 3.05. The Labute approximate surface area is 127 Å². The number of hydrogen-bond acceptors (Lipinski definition) is 5. The van der Waals surface area contributed by atoms with Crippen LogP contribution in [0.5, 0.6) is 0 Å². The number of amides is 1. The van der Waals surface area contributed by atoms with Gasteiger partial charge in [0.05, 0.1) is 6.54 Å². The van der Waals surface area contributed by atoms with E-state index in [2.05, 4.69) is 41.4 Å². The first kappa shape index (κ1) is 17.2. The number of rotatable bonds is 6. The van der Waals surface area contributed by atoms with Crippen molar-refractivity contribution in [3.05, 3.63) is 11.9 Å². The number of carbonyl (C=O) groups is 1. The molecule has 0 saturated heterocycles. The summed E-state index contributed by atoms with van der Waals surface area (Å²) >= 11 is 0. The van der Waals surface area contributed by atoms with Gasteiger partial charge in [-0.15, -0.1) is 0 Å². The normalized spacial score (nSPS) is 11.1. The molecule has 118 valence electrons. The van der Waals surface area contributed by atoms with Gasteiger partial charge in [-0.1, -0.05) is 20.8 Å². The van der Waals surface area contributed by atoms with Gasteiger partial charge in [0.1, 0.15) is 17.5 Å². The molecular formula is C15H27N5O. The molecule has 0 unspecified atom stereocenters. The molecule has 0 fully saturated rings. The summed E-state index contributed by atoms with van der Waals surface area (Å²) in [5, 5.41) is 5.87. The predicted molar refractivity (Wildman–Crippen MR) is 86.8 cm³/mol. The number of hydrogen-bond donors (Lipinski definition) is 2. The van der Waals surface area contributed by atoms with Gasteiger partial charge in [-0.05, 0) is 13.8 Å². The van der Waals surface area contributed by atoms with Crippen molar-refractivity contribution in [2.24, 2.45) is 0 Å². The number of anilines is 2. The summed E-state index contributed by atoms with van der Waals surface area (Å²) in [5.41, 5.74) is -0.146. The summed E-state index contributed by atoms with van der Waals surface area (Å²) in [6.45, 7) is 11.8. The summed E-state index contributed by atoms with van der Waals surface area (Å²) < 4.78 is 0. The van der Waals surface area contributed by atoms with Crippen LogP contribution in [0.2, 0.25) is 0 Å². The van der Waals surface area contributed by atoms with E-state index in [-0.39, 0.29) is 11.3 Å². The zero-order valence-corrected chi connectivity index (χ0v) is 13.9. The Hall–Kier alpha value is -1.85. The van der Waals surface area contributed by atoms with E-state index in [0.717, 1.165) is 17.5 Å². The molecule has 0 bridgehead atoms. The van der Waals surface area contributed by atoms with Crippen LogP contribution in [0.4, 0.5) is 11.6 Å². The van der Waals surface area contributed by atoms with E-state index in [1.807, 2.05) is 31.9 Å². The van der Waals surface area contributed by atoms with Crippen LogP contribution in [0.1, 0.15) is 40.4 Å². The van der Waals surface area contributed by atoms with Crippen molar-refractivity contribution in [2.75, 3.05) is 36.9 Å². The topological polar surface area (TPSA) is 70.2 Å². The third kappa shape index (κ3) is 4.88. The monoisotopic (exact) mass is 293 g/mol. The summed E-state index contributed by atoms with van der Waals surface area (Å²) in [7, 11) is 1.83. The minimum Gasteiger partial charge on any atom is -0.373 e. The van der Waals surface area contributed by atoms with Gasteiger partial charge >= 0.3 is 0 Å². The molecule has 1 aromatic rings. The van der Waals surface area contributed by atoms with E-state index >= 15 is 0 Å². The fourth-order valence-electron chi connectivity index (χ4n) is 1.84. The SMILES string of the molecule is CCNC(=O)CN(CC)c1cc(NC)nc(C(C)(C)C)n1. The van der Waals surface area contributed by atoms with E-state index in [1.165, 1.54) is 0 Å². The van der Waals surface area contributed by atoms with Crippen molar-refractivity contribution in [3.63, 3.8) is 0 Å². The molecule has 1 aromatic heterocycles. The average molecular weight is 293 g/mol. The molecule has 1 rings (SSSR count). The number of carbonyl (C=O) groups excluding carboxylic acids is 1. The van der Waals surface area contributed by atoms with Gasteiger partial charge in [0, 0.05) is 31.6 Å². The van der Waals surface area contributed by atoms with Crippen molar-refractivity contribution in [1.29, 1.82) is 0 Å². The molecule has 2 N–H and O–H groups in total. The van der Waals surface area contributed by atoms with Crippen LogP contribution in [-0.4, -0.2) is 42.6 Å². The van der Waals surface area contributed by atoms with Gasteiger partial charge in [-0.25, -0.2) is 9.97 Å². The van der Waals surface area contributed by atoms with Gasteiger partial charge in [0.25, 0.3) is 0 Å². The van der Waals surface area contributed by atoms with Crippen molar-refractivity contribution in [1.82, 2.24) is 15.3 Å². The zero-order valence-electron chi connectivity index (χ0n) is 13.9. The van der Waals surface area contributed by atoms with Crippen LogP contribution in [0.15, 0.2) is 6.07 Å². The smallest absolute Gasteiger partial charge is 0.239 e. The Bertz CT molecular complexity index is 481. The molecular weight excluding hydrogens is 266 g/mol. The van der Waals surface area contributed by atoms with Crippen LogP contribution in [0, 0.1) is 0 Å².